The summed E-state index contributed by atoms with van der Waals surface area (Å²) in [5, 5.41) is 8.32. The van der Waals surface area contributed by atoms with Crippen LogP contribution in [0.15, 0.2) is 30.3 Å². The highest BCUT2D eigenvalue weighted by atomic mass is 32.2. The van der Waals surface area contributed by atoms with Gasteiger partial charge < -0.3 is 5.73 Å². The topological polar surface area (TPSA) is 83.9 Å². The number of benzene rings is 1. The quantitative estimate of drug-likeness (QED) is 0.860. The average molecular weight is 250 g/mol. The first-order valence-corrected chi connectivity index (χ1v) is 7.15. The van der Waals surface area contributed by atoms with Gasteiger partial charge in [-0.15, -0.1) is 0 Å². The van der Waals surface area contributed by atoms with Crippen LogP contribution in [0.2, 0.25) is 0 Å². The second-order valence-corrected chi connectivity index (χ2v) is 6.72. The summed E-state index contributed by atoms with van der Waals surface area (Å²) in [6.07, 6.45) is 0. The highest BCUT2D eigenvalue weighted by molar-refractivity contribution is 7.92. The van der Waals surface area contributed by atoms with Crippen LogP contribution in [-0.2, 0) is 9.84 Å². The van der Waals surface area contributed by atoms with Gasteiger partial charge in [-0.05, 0) is 5.56 Å². The molecule has 0 aromatic heterocycles. The number of rotatable bonds is 3. The van der Waals surface area contributed by atoms with Crippen LogP contribution < -0.4 is 5.73 Å². The van der Waals surface area contributed by atoms with Crippen LogP contribution in [0.25, 0.3) is 0 Å². The van der Waals surface area contributed by atoms with Crippen LogP contribution in [0, 0.1) is 11.3 Å². The fraction of sp³-hybridized carbons (Fsp3) is 0.417. The van der Waals surface area contributed by atoms with Crippen LogP contribution >= 0.6 is 0 Å². The van der Waals surface area contributed by atoms with Gasteiger partial charge in [0, 0.05) is 11.7 Å². The first-order chi connectivity index (χ1) is 7.97. The molecule has 0 spiro atoms. The van der Waals surface area contributed by atoms with Crippen LogP contribution in [0.4, 0.5) is 0 Å². The molecule has 1 aromatic carbocycles. The van der Waals surface area contributed by atoms with Gasteiger partial charge in [-0.1, -0.05) is 37.3 Å². The van der Waals surface area contributed by atoms with Crippen molar-refractivity contribution in [3.05, 3.63) is 35.9 Å². The fourth-order valence-electron chi connectivity index (χ4n) is 2.30. The molecule has 1 aromatic rings. The molecule has 17 heavy (non-hydrogen) atoms. The Labute approximate surface area is 101 Å². The van der Waals surface area contributed by atoms with Crippen molar-refractivity contribution < 1.29 is 8.42 Å². The molecule has 0 heterocycles. The second kappa shape index (κ2) is 3.83. The number of sulfone groups is 1. The summed E-state index contributed by atoms with van der Waals surface area (Å²) in [6.45, 7) is 1.58. The molecule has 3 atom stereocenters. The third kappa shape index (κ3) is 1.74. The lowest BCUT2D eigenvalue weighted by molar-refractivity contribution is 0.593. The number of hydrogen-bond acceptors (Lipinski definition) is 4. The first-order valence-electron chi connectivity index (χ1n) is 5.44. The SMILES string of the molecule is CCS(=O)(=O)[C@H]1[C@H](c2ccccc2)[C@@]1(N)C#N. The molecule has 0 saturated heterocycles. The summed E-state index contributed by atoms with van der Waals surface area (Å²) < 4.78 is 23.8. The van der Waals surface area contributed by atoms with Gasteiger partial charge in [0.1, 0.15) is 10.8 Å². The van der Waals surface area contributed by atoms with E-state index in [0.29, 0.717) is 0 Å². The van der Waals surface area contributed by atoms with Crippen LogP contribution in [0.5, 0.6) is 0 Å². The van der Waals surface area contributed by atoms with Crippen molar-refractivity contribution in [2.45, 2.75) is 23.6 Å². The van der Waals surface area contributed by atoms with E-state index in [0.717, 1.165) is 5.56 Å². The molecule has 1 fully saturated rings. The van der Waals surface area contributed by atoms with E-state index in [1.54, 1.807) is 6.92 Å². The second-order valence-electron chi connectivity index (χ2n) is 4.31. The van der Waals surface area contributed by atoms with E-state index in [9.17, 15) is 8.42 Å². The van der Waals surface area contributed by atoms with E-state index in [1.165, 1.54) is 0 Å². The van der Waals surface area contributed by atoms with Gasteiger partial charge in [0.05, 0.1) is 6.07 Å². The Balaban J connectivity index is 2.42. The minimum Gasteiger partial charge on any atom is -0.312 e. The Hall–Kier alpha value is -1.38. The zero-order valence-corrected chi connectivity index (χ0v) is 10.3. The van der Waals surface area contributed by atoms with Gasteiger partial charge in [-0.25, -0.2) is 8.42 Å². The summed E-state index contributed by atoms with van der Waals surface area (Å²) >= 11 is 0. The molecule has 0 unspecified atom stereocenters. The lowest BCUT2D eigenvalue weighted by Gasteiger charge is -1.99. The van der Waals surface area contributed by atoms with Gasteiger partial charge >= 0.3 is 0 Å². The Kier molecular flexibility index (Phi) is 2.72. The minimum atomic E-state index is -3.29. The molecule has 2 rings (SSSR count). The molecule has 0 radical (unpaired) electrons. The van der Waals surface area contributed by atoms with E-state index in [4.69, 9.17) is 11.0 Å². The van der Waals surface area contributed by atoms with E-state index in [1.807, 2.05) is 36.4 Å². The van der Waals surface area contributed by atoms with E-state index >= 15 is 0 Å². The summed E-state index contributed by atoms with van der Waals surface area (Å²) in [7, 11) is -3.29. The van der Waals surface area contributed by atoms with E-state index in [-0.39, 0.29) is 5.75 Å². The molecule has 5 heteroatoms. The molecule has 90 valence electrons. The maximum atomic E-state index is 11.9. The highest BCUT2D eigenvalue weighted by Gasteiger charge is 2.69. The predicted octanol–water partition coefficient (Wildman–Crippen LogP) is 0.808. The van der Waals surface area contributed by atoms with E-state index < -0.39 is 26.5 Å². The largest absolute Gasteiger partial charge is 0.312 e. The summed E-state index contributed by atoms with van der Waals surface area (Å²) in [6, 6.07) is 11.1. The Morgan fingerprint density at radius 2 is 2.00 bits per heavy atom. The van der Waals surface area contributed by atoms with Crippen molar-refractivity contribution in [1.82, 2.24) is 0 Å². The maximum Gasteiger partial charge on any atom is 0.156 e. The van der Waals surface area contributed by atoms with Gasteiger partial charge in [-0.3, -0.25) is 0 Å². The monoisotopic (exact) mass is 250 g/mol. The van der Waals surface area contributed by atoms with Gasteiger partial charge in [0.15, 0.2) is 9.84 Å². The van der Waals surface area contributed by atoms with Gasteiger partial charge in [0.25, 0.3) is 0 Å². The molecule has 4 nitrogen and oxygen atoms in total. The molecule has 2 N–H and O–H groups in total. The summed E-state index contributed by atoms with van der Waals surface area (Å²) in [4.78, 5) is 0. The number of nitriles is 1. The molecular formula is C12H14N2O2S. The Bertz CT molecular complexity index is 562. The first kappa shape index (κ1) is 12.1. The molecule has 0 amide bonds. The molecular weight excluding hydrogens is 236 g/mol. The summed E-state index contributed by atoms with van der Waals surface area (Å²) in [5.74, 6) is -0.389. The Morgan fingerprint density at radius 3 is 2.47 bits per heavy atom. The van der Waals surface area contributed by atoms with Gasteiger partial charge in [-0.2, -0.15) is 5.26 Å². The van der Waals surface area contributed by atoms with Crippen molar-refractivity contribution in [2.75, 3.05) is 5.75 Å². The molecule has 1 aliphatic carbocycles. The predicted molar refractivity (Wildman–Crippen MR) is 65.0 cm³/mol. The van der Waals surface area contributed by atoms with Crippen molar-refractivity contribution in [3.63, 3.8) is 0 Å². The van der Waals surface area contributed by atoms with Crippen molar-refractivity contribution in [3.8, 4) is 6.07 Å². The van der Waals surface area contributed by atoms with Crippen LogP contribution in [0.1, 0.15) is 18.4 Å². The average Bonchev–Trinajstić information content (AvgIpc) is 2.99. The van der Waals surface area contributed by atoms with E-state index in [2.05, 4.69) is 0 Å². The van der Waals surface area contributed by atoms with Crippen LogP contribution in [-0.4, -0.2) is 25.0 Å². The highest BCUT2D eigenvalue weighted by Crippen LogP contribution is 2.53. The maximum absolute atomic E-state index is 11.9. The Morgan fingerprint density at radius 1 is 1.41 bits per heavy atom. The van der Waals surface area contributed by atoms with Crippen LogP contribution in [0.3, 0.4) is 0 Å². The lowest BCUT2D eigenvalue weighted by atomic mass is 10.1. The number of hydrogen-bond donors (Lipinski definition) is 1. The zero-order valence-electron chi connectivity index (χ0n) is 9.50. The fourth-order valence-corrected chi connectivity index (χ4v) is 4.17. The number of nitrogens with two attached hydrogens (primary N) is 1. The van der Waals surface area contributed by atoms with Crippen molar-refractivity contribution in [1.29, 1.82) is 5.26 Å². The molecule has 1 saturated carbocycles. The third-order valence-corrected chi connectivity index (χ3v) is 5.56. The standard InChI is InChI=1S/C12H14N2O2S/c1-2-17(15,16)11-10(12(11,14)8-13)9-6-4-3-5-7-9/h3-7,10-11H,2,14H2,1H3/t10-,11-,12-/m0/s1. The summed E-state index contributed by atoms with van der Waals surface area (Å²) in [5.41, 5.74) is 5.44. The zero-order chi connectivity index (χ0) is 12.7. The molecule has 0 bridgehead atoms. The normalized spacial score (nSPS) is 31.8. The minimum absolute atomic E-state index is 0.0155. The molecule has 1 aliphatic rings. The molecule has 0 aliphatic heterocycles. The van der Waals surface area contributed by atoms with Crippen molar-refractivity contribution >= 4 is 9.84 Å². The third-order valence-electron chi connectivity index (χ3n) is 3.32. The van der Waals surface area contributed by atoms with Crippen molar-refractivity contribution in [2.24, 2.45) is 5.73 Å². The van der Waals surface area contributed by atoms with Gasteiger partial charge in [0.2, 0.25) is 0 Å². The lowest BCUT2D eigenvalue weighted by Crippen LogP contribution is -2.29. The smallest absolute Gasteiger partial charge is 0.156 e. The number of nitrogens with zero attached hydrogens (tertiary/aromatic N) is 1.